The van der Waals surface area contributed by atoms with E-state index >= 15 is 0 Å². The summed E-state index contributed by atoms with van der Waals surface area (Å²) < 4.78 is 10.1. The molecule has 0 unspecified atom stereocenters. The van der Waals surface area contributed by atoms with Crippen LogP contribution >= 0.6 is 0 Å². The number of carbonyl (C=O) groups excluding carboxylic acids is 3. The normalized spacial score (nSPS) is 9.92. The van der Waals surface area contributed by atoms with E-state index in [1.165, 1.54) is 6.92 Å². The zero-order valence-electron chi connectivity index (χ0n) is 14.6. The van der Waals surface area contributed by atoms with Crippen LogP contribution in [0.5, 0.6) is 5.75 Å². The van der Waals surface area contributed by atoms with E-state index in [-0.39, 0.29) is 12.5 Å². The van der Waals surface area contributed by atoms with Crippen LogP contribution in [0.4, 0.5) is 11.4 Å². The molecule has 0 spiro atoms. The first-order valence-electron chi connectivity index (χ1n) is 7.95. The summed E-state index contributed by atoms with van der Waals surface area (Å²) in [4.78, 5) is 34.4. The second-order valence-electron chi connectivity index (χ2n) is 5.57. The SMILES string of the molecule is CC(=O)Nc1ccc(NC(=O)COC(=O)COc2ccc(C)cc2)cc1. The first-order valence-corrected chi connectivity index (χ1v) is 7.95. The Morgan fingerprint density at radius 1 is 0.846 bits per heavy atom. The van der Waals surface area contributed by atoms with E-state index in [1.807, 2.05) is 19.1 Å². The highest BCUT2D eigenvalue weighted by Crippen LogP contribution is 2.13. The van der Waals surface area contributed by atoms with Gasteiger partial charge in [-0.2, -0.15) is 0 Å². The zero-order chi connectivity index (χ0) is 18.9. The van der Waals surface area contributed by atoms with E-state index in [4.69, 9.17) is 9.47 Å². The number of aryl methyl sites for hydroxylation is 1. The van der Waals surface area contributed by atoms with Crippen molar-refractivity contribution in [2.75, 3.05) is 23.8 Å². The van der Waals surface area contributed by atoms with Gasteiger partial charge in [0.1, 0.15) is 5.75 Å². The molecule has 0 saturated carbocycles. The standard InChI is InChI=1S/C19H20N2O5/c1-13-3-9-17(10-4-13)25-12-19(24)26-11-18(23)21-16-7-5-15(6-8-16)20-14(2)22/h3-10H,11-12H2,1-2H3,(H,20,22)(H,21,23). The van der Waals surface area contributed by atoms with Gasteiger partial charge in [0.2, 0.25) is 5.91 Å². The summed E-state index contributed by atoms with van der Waals surface area (Å²) in [7, 11) is 0. The van der Waals surface area contributed by atoms with Crippen LogP contribution in [0, 0.1) is 6.92 Å². The van der Waals surface area contributed by atoms with Gasteiger partial charge in [0.05, 0.1) is 0 Å². The average molecular weight is 356 g/mol. The van der Waals surface area contributed by atoms with Crippen LogP contribution < -0.4 is 15.4 Å². The third-order valence-corrected chi connectivity index (χ3v) is 3.23. The molecule has 0 aliphatic carbocycles. The number of rotatable bonds is 7. The lowest BCUT2D eigenvalue weighted by atomic mass is 10.2. The van der Waals surface area contributed by atoms with Gasteiger partial charge in [-0.25, -0.2) is 4.79 Å². The van der Waals surface area contributed by atoms with E-state index in [1.54, 1.807) is 36.4 Å². The third kappa shape index (κ3) is 6.64. The van der Waals surface area contributed by atoms with Gasteiger partial charge in [-0.1, -0.05) is 17.7 Å². The summed E-state index contributed by atoms with van der Waals surface area (Å²) in [5.74, 6) is -0.736. The van der Waals surface area contributed by atoms with Gasteiger partial charge in [-0.05, 0) is 43.3 Å². The molecule has 0 bridgehead atoms. The van der Waals surface area contributed by atoms with Gasteiger partial charge in [0, 0.05) is 18.3 Å². The lowest BCUT2D eigenvalue weighted by Gasteiger charge is -2.09. The molecule has 2 aromatic rings. The van der Waals surface area contributed by atoms with E-state index in [0.29, 0.717) is 17.1 Å². The molecule has 0 aromatic heterocycles. The molecule has 2 amide bonds. The Kier molecular flexibility index (Phi) is 6.73. The summed E-state index contributed by atoms with van der Waals surface area (Å²) in [5, 5.41) is 5.21. The number of nitrogens with one attached hydrogen (secondary N) is 2. The summed E-state index contributed by atoms with van der Waals surface area (Å²) in [6.07, 6.45) is 0. The van der Waals surface area contributed by atoms with Crippen molar-refractivity contribution in [3.8, 4) is 5.75 Å². The molecule has 26 heavy (non-hydrogen) atoms. The van der Waals surface area contributed by atoms with E-state index < -0.39 is 18.5 Å². The van der Waals surface area contributed by atoms with Crippen molar-refractivity contribution >= 4 is 29.2 Å². The van der Waals surface area contributed by atoms with Gasteiger partial charge in [0.15, 0.2) is 13.2 Å². The molecular weight excluding hydrogens is 336 g/mol. The molecule has 136 valence electrons. The number of benzene rings is 2. The predicted octanol–water partition coefficient (Wildman–Crippen LogP) is 2.51. The Balaban J connectivity index is 1.71. The number of esters is 1. The first-order chi connectivity index (χ1) is 12.4. The fourth-order valence-electron chi connectivity index (χ4n) is 2.00. The van der Waals surface area contributed by atoms with Gasteiger partial charge in [-0.3, -0.25) is 9.59 Å². The Morgan fingerprint density at radius 2 is 1.42 bits per heavy atom. The summed E-state index contributed by atoms with van der Waals surface area (Å²) >= 11 is 0. The van der Waals surface area contributed by atoms with E-state index in [9.17, 15) is 14.4 Å². The molecule has 2 N–H and O–H groups in total. The van der Waals surface area contributed by atoms with Crippen LogP contribution in [-0.2, 0) is 19.1 Å². The molecule has 0 radical (unpaired) electrons. The van der Waals surface area contributed by atoms with Crippen LogP contribution in [0.3, 0.4) is 0 Å². The van der Waals surface area contributed by atoms with Crippen LogP contribution in [0.1, 0.15) is 12.5 Å². The molecule has 0 saturated heterocycles. The number of ether oxygens (including phenoxy) is 2. The number of amides is 2. The lowest BCUT2D eigenvalue weighted by Crippen LogP contribution is -2.23. The van der Waals surface area contributed by atoms with E-state index in [0.717, 1.165) is 5.56 Å². The third-order valence-electron chi connectivity index (χ3n) is 3.23. The second kappa shape index (κ2) is 9.22. The Labute approximate surface area is 151 Å². The molecule has 2 aromatic carbocycles. The number of anilines is 2. The monoisotopic (exact) mass is 356 g/mol. The minimum atomic E-state index is -0.637. The van der Waals surface area contributed by atoms with Crippen LogP contribution in [0.25, 0.3) is 0 Å². The van der Waals surface area contributed by atoms with Crippen molar-refractivity contribution in [1.82, 2.24) is 0 Å². The molecular formula is C19H20N2O5. The van der Waals surface area contributed by atoms with Crippen molar-refractivity contribution in [2.45, 2.75) is 13.8 Å². The second-order valence-corrected chi connectivity index (χ2v) is 5.57. The van der Waals surface area contributed by atoms with Crippen LogP contribution in [-0.4, -0.2) is 31.0 Å². The minimum absolute atomic E-state index is 0.179. The van der Waals surface area contributed by atoms with Crippen molar-refractivity contribution < 1.29 is 23.9 Å². The van der Waals surface area contributed by atoms with Crippen molar-refractivity contribution in [3.05, 3.63) is 54.1 Å². The molecule has 2 rings (SSSR count). The molecule has 7 nitrogen and oxygen atoms in total. The smallest absolute Gasteiger partial charge is 0.344 e. The van der Waals surface area contributed by atoms with E-state index in [2.05, 4.69) is 10.6 Å². The van der Waals surface area contributed by atoms with Gasteiger partial charge < -0.3 is 20.1 Å². The Morgan fingerprint density at radius 3 is 2.00 bits per heavy atom. The lowest BCUT2D eigenvalue weighted by molar-refractivity contribution is -0.149. The van der Waals surface area contributed by atoms with Crippen molar-refractivity contribution in [2.24, 2.45) is 0 Å². The highest BCUT2D eigenvalue weighted by atomic mass is 16.6. The average Bonchev–Trinajstić information content (AvgIpc) is 2.61. The minimum Gasteiger partial charge on any atom is -0.482 e. The molecule has 0 atom stereocenters. The van der Waals surface area contributed by atoms with Gasteiger partial charge in [0.25, 0.3) is 5.91 Å². The summed E-state index contributed by atoms with van der Waals surface area (Å²) in [5.41, 5.74) is 2.23. The van der Waals surface area contributed by atoms with Crippen molar-refractivity contribution in [3.63, 3.8) is 0 Å². The van der Waals surface area contributed by atoms with Gasteiger partial charge >= 0.3 is 5.97 Å². The number of carbonyl (C=O) groups is 3. The topological polar surface area (TPSA) is 93.7 Å². The highest BCUT2D eigenvalue weighted by molar-refractivity contribution is 5.93. The van der Waals surface area contributed by atoms with Crippen LogP contribution in [0.2, 0.25) is 0 Å². The summed E-state index contributed by atoms with van der Waals surface area (Å²) in [6, 6.07) is 13.8. The zero-order valence-corrected chi connectivity index (χ0v) is 14.6. The molecule has 7 heteroatoms. The Bertz CT molecular complexity index is 770. The maximum Gasteiger partial charge on any atom is 0.344 e. The molecule has 0 fully saturated rings. The Hall–Kier alpha value is -3.35. The largest absolute Gasteiger partial charge is 0.482 e. The van der Waals surface area contributed by atoms with Crippen LogP contribution in [0.15, 0.2) is 48.5 Å². The molecule has 0 aliphatic heterocycles. The maximum atomic E-state index is 11.8. The fourth-order valence-corrected chi connectivity index (χ4v) is 2.00. The van der Waals surface area contributed by atoms with Gasteiger partial charge in [-0.15, -0.1) is 0 Å². The summed E-state index contributed by atoms with van der Waals surface area (Å²) in [6.45, 7) is 2.67. The molecule has 0 aliphatic rings. The quantitative estimate of drug-likeness (QED) is 0.744. The number of hydrogen-bond acceptors (Lipinski definition) is 5. The first kappa shape index (κ1) is 19.0. The number of hydrogen-bond donors (Lipinski definition) is 2. The van der Waals surface area contributed by atoms with Crippen molar-refractivity contribution in [1.29, 1.82) is 0 Å². The molecule has 0 heterocycles. The highest BCUT2D eigenvalue weighted by Gasteiger charge is 2.09. The fraction of sp³-hybridized carbons (Fsp3) is 0.211. The maximum absolute atomic E-state index is 11.8. The predicted molar refractivity (Wildman–Crippen MR) is 97.0 cm³/mol.